The monoisotopic (exact) mass is 251 g/mol. The maximum Gasteiger partial charge on any atom is 0.123 e. The molecule has 0 aliphatic heterocycles. The van der Waals surface area contributed by atoms with E-state index in [1.54, 1.807) is 7.11 Å². The Balaban J connectivity index is 2.54. The molecule has 100 valence electrons. The van der Waals surface area contributed by atoms with E-state index in [0.717, 1.165) is 23.5 Å². The van der Waals surface area contributed by atoms with Crippen molar-refractivity contribution in [3.63, 3.8) is 0 Å². The fourth-order valence-electron chi connectivity index (χ4n) is 1.58. The van der Waals surface area contributed by atoms with Crippen LogP contribution in [-0.2, 0) is 6.42 Å². The highest BCUT2D eigenvalue weighted by atomic mass is 16.5. The number of aliphatic hydroxyl groups is 1. The van der Waals surface area contributed by atoms with Crippen LogP contribution < -0.4 is 14.8 Å². The Morgan fingerprint density at radius 1 is 1.39 bits per heavy atom. The second-order valence-corrected chi connectivity index (χ2v) is 3.79. The number of allylic oxidation sites excluding steroid dienone is 1. The molecule has 0 saturated carbocycles. The van der Waals surface area contributed by atoms with E-state index in [1.807, 2.05) is 24.3 Å². The van der Waals surface area contributed by atoms with Crippen LogP contribution in [0.2, 0.25) is 0 Å². The smallest absolute Gasteiger partial charge is 0.123 e. The summed E-state index contributed by atoms with van der Waals surface area (Å²) in [6.45, 7) is 5.74. The van der Waals surface area contributed by atoms with Gasteiger partial charge in [-0.2, -0.15) is 0 Å². The third kappa shape index (κ3) is 4.77. The quantitative estimate of drug-likeness (QED) is 0.514. The van der Waals surface area contributed by atoms with Crippen molar-refractivity contribution in [2.24, 2.45) is 0 Å². The van der Waals surface area contributed by atoms with E-state index in [-0.39, 0.29) is 6.61 Å². The van der Waals surface area contributed by atoms with Crippen LogP contribution in [0.1, 0.15) is 5.56 Å². The lowest BCUT2D eigenvalue weighted by Gasteiger charge is -2.12. The summed E-state index contributed by atoms with van der Waals surface area (Å²) in [6, 6.07) is 5.74. The molecular formula is C14H21NO3. The van der Waals surface area contributed by atoms with Gasteiger partial charge in [-0.1, -0.05) is 6.08 Å². The summed E-state index contributed by atoms with van der Waals surface area (Å²) < 4.78 is 10.9. The van der Waals surface area contributed by atoms with Gasteiger partial charge >= 0.3 is 0 Å². The van der Waals surface area contributed by atoms with Gasteiger partial charge in [-0.15, -0.1) is 6.58 Å². The molecule has 0 spiro atoms. The van der Waals surface area contributed by atoms with E-state index < -0.39 is 0 Å². The highest BCUT2D eigenvalue weighted by Crippen LogP contribution is 2.24. The fourth-order valence-corrected chi connectivity index (χ4v) is 1.58. The van der Waals surface area contributed by atoms with Crippen LogP contribution in [0.15, 0.2) is 30.9 Å². The number of methoxy groups -OCH3 is 1. The number of rotatable bonds is 9. The lowest BCUT2D eigenvalue weighted by Crippen LogP contribution is -2.24. The van der Waals surface area contributed by atoms with Crippen molar-refractivity contribution >= 4 is 0 Å². The van der Waals surface area contributed by atoms with E-state index in [9.17, 15) is 0 Å². The van der Waals surface area contributed by atoms with E-state index in [2.05, 4.69) is 11.9 Å². The molecule has 0 aromatic heterocycles. The molecule has 4 heteroatoms. The van der Waals surface area contributed by atoms with Crippen LogP contribution in [0.3, 0.4) is 0 Å². The molecule has 0 heterocycles. The molecule has 0 aliphatic carbocycles. The van der Waals surface area contributed by atoms with Crippen molar-refractivity contribution in [2.75, 3.05) is 33.4 Å². The zero-order chi connectivity index (χ0) is 13.2. The van der Waals surface area contributed by atoms with Gasteiger partial charge in [0.25, 0.3) is 0 Å². The van der Waals surface area contributed by atoms with Crippen molar-refractivity contribution in [1.82, 2.24) is 5.32 Å². The zero-order valence-corrected chi connectivity index (χ0v) is 10.8. The molecule has 2 N–H and O–H groups in total. The maximum atomic E-state index is 8.63. The number of nitrogens with one attached hydrogen (secondary N) is 1. The Morgan fingerprint density at radius 2 is 2.22 bits per heavy atom. The Labute approximate surface area is 108 Å². The summed E-state index contributed by atoms with van der Waals surface area (Å²) in [5.74, 6) is 1.67. The van der Waals surface area contributed by atoms with Crippen molar-refractivity contribution in [3.8, 4) is 11.5 Å². The molecular weight excluding hydrogens is 230 g/mol. The lowest BCUT2D eigenvalue weighted by molar-refractivity contribution is 0.275. The van der Waals surface area contributed by atoms with E-state index in [0.29, 0.717) is 19.7 Å². The average molecular weight is 251 g/mol. The molecule has 0 unspecified atom stereocenters. The molecule has 1 rings (SSSR count). The molecule has 18 heavy (non-hydrogen) atoms. The number of hydrogen-bond donors (Lipinski definition) is 2. The Bertz CT molecular complexity index is 366. The first-order valence-corrected chi connectivity index (χ1v) is 6.04. The normalized spacial score (nSPS) is 10.1. The Kier molecular flexibility index (Phi) is 6.91. The summed E-state index contributed by atoms with van der Waals surface area (Å²) in [5.41, 5.74) is 1.06. The van der Waals surface area contributed by atoms with Crippen molar-refractivity contribution < 1.29 is 14.6 Å². The predicted molar refractivity (Wildman–Crippen MR) is 72.3 cm³/mol. The molecule has 1 aromatic rings. The van der Waals surface area contributed by atoms with Gasteiger partial charge in [0.1, 0.15) is 18.1 Å². The second-order valence-electron chi connectivity index (χ2n) is 3.79. The molecule has 0 bridgehead atoms. The molecule has 0 atom stereocenters. The van der Waals surface area contributed by atoms with Crippen molar-refractivity contribution in [2.45, 2.75) is 6.42 Å². The maximum absolute atomic E-state index is 8.63. The largest absolute Gasteiger partial charge is 0.497 e. The molecule has 4 nitrogen and oxygen atoms in total. The van der Waals surface area contributed by atoms with Crippen LogP contribution in [0.4, 0.5) is 0 Å². The van der Waals surface area contributed by atoms with Crippen LogP contribution in [0.5, 0.6) is 11.5 Å². The first kappa shape index (κ1) is 14.5. The average Bonchev–Trinajstić information content (AvgIpc) is 2.40. The van der Waals surface area contributed by atoms with Gasteiger partial charge in [-0.25, -0.2) is 0 Å². The van der Waals surface area contributed by atoms with Gasteiger partial charge in [0, 0.05) is 18.7 Å². The number of hydrogen-bond acceptors (Lipinski definition) is 4. The molecule has 0 amide bonds. The minimum Gasteiger partial charge on any atom is -0.497 e. The summed E-state index contributed by atoms with van der Waals surface area (Å²) in [5, 5.41) is 11.7. The number of benzene rings is 1. The topological polar surface area (TPSA) is 50.7 Å². The third-order valence-electron chi connectivity index (χ3n) is 2.46. The van der Waals surface area contributed by atoms with Gasteiger partial charge < -0.3 is 19.9 Å². The van der Waals surface area contributed by atoms with E-state index >= 15 is 0 Å². The number of aliphatic hydroxyl groups excluding tert-OH is 1. The van der Waals surface area contributed by atoms with Crippen molar-refractivity contribution in [3.05, 3.63) is 36.4 Å². The molecule has 0 aliphatic rings. The minimum absolute atomic E-state index is 0.143. The summed E-state index contributed by atoms with van der Waals surface area (Å²) in [7, 11) is 1.65. The van der Waals surface area contributed by atoms with Crippen molar-refractivity contribution in [1.29, 1.82) is 0 Å². The Morgan fingerprint density at radius 3 is 2.89 bits per heavy atom. The van der Waals surface area contributed by atoms with Crippen LogP contribution >= 0.6 is 0 Å². The molecule has 0 saturated heterocycles. The fraction of sp³-hybridized carbons (Fsp3) is 0.429. The van der Waals surface area contributed by atoms with E-state index in [4.69, 9.17) is 14.6 Å². The lowest BCUT2D eigenvalue weighted by atomic mass is 10.1. The van der Waals surface area contributed by atoms with Crippen LogP contribution in [-0.4, -0.2) is 38.5 Å². The first-order chi connectivity index (χ1) is 8.81. The Hall–Kier alpha value is -1.52. The molecule has 0 fully saturated rings. The van der Waals surface area contributed by atoms with Gasteiger partial charge in [0.2, 0.25) is 0 Å². The first-order valence-electron chi connectivity index (χ1n) is 6.04. The van der Waals surface area contributed by atoms with E-state index in [1.165, 1.54) is 0 Å². The van der Waals surface area contributed by atoms with Crippen LogP contribution in [0.25, 0.3) is 0 Å². The highest BCUT2D eigenvalue weighted by molar-refractivity contribution is 5.41. The number of ether oxygens (including phenoxy) is 2. The van der Waals surface area contributed by atoms with Gasteiger partial charge in [0.05, 0.1) is 13.7 Å². The summed E-state index contributed by atoms with van der Waals surface area (Å²) >= 11 is 0. The molecule has 1 aromatic carbocycles. The van der Waals surface area contributed by atoms with Gasteiger partial charge in [0.15, 0.2) is 0 Å². The second kappa shape index (κ2) is 8.55. The van der Waals surface area contributed by atoms with Gasteiger partial charge in [-0.3, -0.25) is 0 Å². The zero-order valence-electron chi connectivity index (χ0n) is 10.8. The standard InChI is InChI=1S/C14H21NO3/c1-3-4-12-11-13(17-2)5-6-14(12)18-10-8-15-7-9-16/h3,5-6,11,15-16H,1,4,7-10H2,2H3. The summed E-state index contributed by atoms with van der Waals surface area (Å²) in [4.78, 5) is 0. The molecule has 0 radical (unpaired) electrons. The van der Waals surface area contributed by atoms with Crippen LogP contribution in [0, 0.1) is 0 Å². The highest BCUT2D eigenvalue weighted by Gasteiger charge is 2.04. The third-order valence-corrected chi connectivity index (χ3v) is 2.46. The SMILES string of the molecule is C=CCc1cc(OC)ccc1OCCNCCO. The summed E-state index contributed by atoms with van der Waals surface area (Å²) in [6.07, 6.45) is 2.59. The van der Waals surface area contributed by atoms with Gasteiger partial charge in [-0.05, 0) is 24.6 Å². The predicted octanol–water partition coefficient (Wildman–Crippen LogP) is 1.38. The minimum atomic E-state index is 0.143.